The van der Waals surface area contributed by atoms with Gasteiger partial charge in [-0.05, 0) is 45.9 Å². The van der Waals surface area contributed by atoms with E-state index in [-0.39, 0.29) is 0 Å². The number of thiophene rings is 1. The zero-order chi connectivity index (χ0) is 16.9. The lowest BCUT2D eigenvalue weighted by Crippen LogP contribution is -2.35. The molecule has 0 spiro atoms. The number of amides is 1. The fourth-order valence-corrected chi connectivity index (χ4v) is 2.64. The second-order valence-corrected chi connectivity index (χ2v) is 7.32. The molecule has 0 aromatic carbocycles. The Balaban J connectivity index is 1.81. The van der Waals surface area contributed by atoms with Crippen molar-refractivity contribution >= 4 is 23.4 Å². The van der Waals surface area contributed by atoms with E-state index in [1.54, 1.807) is 17.5 Å². The molecule has 0 saturated carbocycles. The molecular formula is C16H22N4O2S. The normalized spacial score (nSPS) is 11.1. The van der Waals surface area contributed by atoms with Crippen molar-refractivity contribution in [2.24, 2.45) is 0 Å². The van der Waals surface area contributed by atoms with Crippen molar-refractivity contribution in [3.05, 3.63) is 29.3 Å². The van der Waals surface area contributed by atoms with Crippen molar-refractivity contribution in [3.8, 4) is 10.6 Å². The van der Waals surface area contributed by atoms with Gasteiger partial charge in [0.05, 0.1) is 10.6 Å². The minimum Gasteiger partial charge on any atom is -0.444 e. The van der Waals surface area contributed by atoms with Crippen LogP contribution in [0.3, 0.4) is 0 Å². The van der Waals surface area contributed by atoms with E-state index in [4.69, 9.17) is 4.74 Å². The summed E-state index contributed by atoms with van der Waals surface area (Å²) >= 11 is 1.70. The zero-order valence-electron chi connectivity index (χ0n) is 13.8. The van der Waals surface area contributed by atoms with Crippen LogP contribution in [0.15, 0.2) is 24.4 Å². The summed E-state index contributed by atoms with van der Waals surface area (Å²) in [4.78, 5) is 22.5. The molecule has 0 aliphatic carbocycles. The van der Waals surface area contributed by atoms with Gasteiger partial charge in [0.2, 0.25) is 5.95 Å². The van der Waals surface area contributed by atoms with Gasteiger partial charge in [-0.15, -0.1) is 11.3 Å². The summed E-state index contributed by atoms with van der Waals surface area (Å²) in [5.41, 5.74) is 0.397. The fraction of sp³-hybridized carbons (Fsp3) is 0.438. The van der Waals surface area contributed by atoms with Gasteiger partial charge in [0.25, 0.3) is 0 Å². The number of hydrogen-bond acceptors (Lipinski definition) is 6. The van der Waals surface area contributed by atoms with Crippen LogP contribution in [0, 0.1) is 6.92 Å². The molecule has 0 atom stereocenters. The number of ether oxygens (including phenoxy) is 1. The third-order valence-electron chi connectivity index (χ3n) is 2.72. The first-order chi connectivity index (χ1) is 10.8. The monoisotopic (exact) mass is 334 g/mol. The molecule has 2 aromatic heterocycles. The molecule has 2 aromatic rings. The molecule has 1 amide bonds. The Hall–Kier alpha value is -2.15. The molecule has 124 valence electrons. The summed E-state index contributed by atoms with van der Waals surface area (Å²) in [6.45, 7) is 8.51. The van der Waals surface area contributed by atoms with E-state index in [0.29, 0.717) is 19.0 Å². The molecule has 2 N–H and O–H groups in total. The van der Waals surface area contributed by atoms with Crippen molar-refractivity contribution in [1.82, 2.24) is 15.3 Å². The topological polar surface area (TPSA) is 76.1 Å². The maximum atomic E-state index is 11.5. The number of carbonyl (C=O) groups excluding carboxylic acids is 1. The van der Waals surface area contributed by atoms with Crippen LogP contribution >= 0.6 is 11.3 Å². The summed E-state index contributed by atoms with van der Waals surface area (Å²) in [5, 5.41) is 5.77. The van der Waals surface area contributed by atoms with Gasteiger partial charge in [0, 0.05) is 24.2 Å². The van der Waals surface area contributed by atoms with Gasteiger partial charge in [-0.3, -0.25) is 0 Å². The molecule has 0 fully saturated rings. The molecule has 2 rings (SSSR count). The van der Waals surface area contributed by atoms with Crippen LogP contribution in [0.2, 0.25) is 0 Å². The number of aromatic nitrogens is 2. The molecule has 7 heteroatoms. The van der Waals surface area contributed by atoms with Crippen molar-refractivity contribution in [2.45, 2.75) is 33.3 Å². The first kappa shape index (κ1) is 17.2. The average molecular weight is 334 g/mol. The number of nitrogens with zero attached hydrogens (tertiary/aromatic N) is 2. The standard InChI is InChI=1S/C16H22N4O2S/c1-11-5-6-13(23-11)12-7-8-17-14(20-12)18-9-10-19-15(21)22-16(2,3)4/h5-8H,9-10H2,1-4H3,(H,19,21)(H,17,18,20). The van der Waals surface area contributed by atoms with Crippen molar-refractivity contribution in [3.63, 3.8) is 0 Å². The Morgan fingerprint density at radius 1 is 1.26 bits per heavy atom. The second-order valence-electron chi connectivity index (χ2n) is 6.03. The number of nitrogens with one attached hydrogen (secondary N) is 2. The molecular weight excluding hydrogens is 312 g/mol. The van der Waals surface area contributed by atoms with Crippen LogP contribution in [0.1, 0.15) is 25.6 Å². The Morgan fingerprint density at radius 2 is 2.04 bits per heavy atom. The Morgan fingerprint density at radius 3 is 2.70 bits per heavy atom. The van der Waals surface area contributed by atoms with Gasteiger partial charge in [0.1, 0.15) is 5.60 Å². The molecule has 0 unspecified atom stereocenters. The van der Waals surface area contributed by atoms with Gasteiger partial charge in [-0.25, -0.2) is 14.8 Å². The SMILES string of the molecule is Cc1ccc(-c2ccnc(NCCNC(=O)OC(C)(C)C)n2)s1. The van der Waals surface area contributed by atoms with Crippen LogP contribution < -0.4 is 10.6 Å². The highest BCUT2D eigenvalue weighted by atomic mass is 32.1. The van der Waals surface area contributed by atoms with Gasteiger partial charge < -0.3 is 15.4 Å². The minimum absolute atomic E-state index is 0.428. The van der Waals surface area contributed by atoms with Crippen LogP contribution in [0.4, 0.5) is 10.7 Å². The molecule has 0 aliphatic rings. The summed E-state index contributed by atoms with van der Waals surface area (Å²) in [6, 6.07) is 6.01. The Bertz CT molecular complexity index is 664. The van der Waals surface area contributed by atoms with E-state index < -0.39 is 11.7 Å². The lowest BCUT2D eigenvalue weighted by molar-refractivity contribution is 0.0530. The van der Waals surface area contributed by atoms with Crippen LogP contribution in [-0.2, 0) is 4.74 Å². The zero-order valence-corrected chi connectivity index (χ0v) is 14.7. The van der Waals surface area contributed by atoms with Crippen molar-refractivity contribution in [1.29, 1.82) is 0 Å². The number of carbonyl (C=O) groups is 1. The third kappa shape index (κ3) is 5.86. The van der Waals surface area contributed by atoms with E-state index in [1.807, 2.05) is 26.8 Å². The predicted molar refractivity (Wildman–Crippen MR) is 92.8 cm³/mol. The van der Waals surface area contributed by atoms with Crippen LogP contribution in [0.5, 0.6) is 0 Å². The highest BCUT2D eigenvalue weighted by Crippen LogP contribution is 2.26. The number of aryl methyl sites for hydroxylation is 1. The van der Waals surface area contributed by atoms with E-state index in [2.05, 4.69) is 39.7 Å². The lowest BCUT2D eigenvalue weighted by Gasteiger charge is -2.19. The third-order valence-corrected chi connectivity index (χ3v) is 3.75. The van der Waals surface area contributed by atoms with Crippen LogP contribution in [0.25, 0.3) is 10.6 Å². The average Bonchev–Trinajstić information content (AvgIpc) is 2.89. The number of alkyl carbamates (subject to hydrolysis) is 1. The first-order valence-corrected chi connectivity index (χ1v) is 8.26. The van der Waals surface area contributed by atoms with Gasteiger partial charge in [-0.2, -0.15) is 0 Å². The molecule has 0 saturated heterocycles. The predicted octanol–water partition coefficient (Wildman–Crippen LogP) is 3.45. The molecule has 2 heterocycles. The van der Waals surface area contributed by atoms with Crippen LogP contribution in [-0.4, -0.2) is 34.8 Å². The van der Waals surface area contributed by atoms with Gasteiger partial charge in [-0.1, -0.05) is 0 Å². The maximum Gasteiger partial charge on any atom is 0.407 e. The molecule has 0 radical (unpaired) electrons. The lowest BCUT2D eigenvalue weighted by atomic mass is 10.2. The molecule has 6 nitrogen and oxygen atoms in total. The summed E-state index contributed by atoms with van der Waals surface area (Å²) < 4.78 is 5.16. The molecule has 23 heavy (non-hydrogen) atoms. The van der Waals surface area contributed by atoms with Crippen molar-refractivity contribution in [2.75, 3.05) is 18.4 Å². The van der Waals surface area contributed by atoms with Gasteiger partial charge >= 0.3 is 6.09 Å². The Kier molecular flexibility index (Phi) is 5.54. The summed E-state index contributed by atoms with van der Waals surface area (Å²) in [7, 11) is 0. The smallest absolute Gasteiger partial charge is 0.407 e. The number of anilines is 1. The maximum absolute atomic E-state index is 11.5. The van der Waals surface area contributed by atoms with E-state index in [9.17, 15) is 4.79 Å². The van der Waals surface area contributed by atoms with E-state index in [0.717, 1.165) is 10.6 Å². The van der Waals surface area contributed by atoms with E-state index in [1.165, 1.54) is 4.88 Å². The van der Waals surface area contributed by atoms with Crippen molar-refractivity contribution < 1.29 is 9.53 Å². The second kappa shape index (κ2) is 7.41. The summed E-state index contributed by atoms with van der Waals surface area (Å²) in [6.07, 6.45) is 1.30. The first-order valence-electron chi connectivity index (χ1n) is 7.44. The number of hydrogen-bond donors (Lipinski definition) is 2. The fourth-order valence-electron chi connectivity index (χ4n) is 1.81. The largest absolute Gasteiger partial charge is 0.444 e. The summed E-state index contributed by atoms with van der Waals surface area (Å²) in [5.74, 6) is 0.541. The molecule has 0 bridgehead atoms. The quantitative estimate of drug-likeness (QED) is 0.819. The Labute approximate surface area is 140 Å². The van der Waals surface area contributed by atoms with Gasteiger partial charge in [0.15, 0.2) is 0 Å². The highest BCUT2D eigenvalue weighted by molar-refractivity contribution is 7.15. The highest BCUT2D eigenvalue weighted by Gasteiger charge is 2.15. The van der Waals surface area contributed by atoms with E-state index >= 15 is 0 Å². The number of rotatable bonds is 5. The molecule has 0 aliphatic heterocycles. The minimum atomic E-state index is -0.492.